The van der Waals surface area contributed by atoms with E-state index in [0.29, 0.717) is 12.2 Å². The Morgan fingerprint density at radius 2 is 1.80 bits per heavy atom. The van der Waals surface area contributed by atoms with Crippen LogP contribution in [0.3, 0.4) is 0 Å². The minimum atomic E-state index is -0.123. The van der Waals surface area contributed by atoms with E-state index < -0.39 is 0 Å². The van der Waals surface area contributed by atoms with Crippen molar-refractivity contribution in [3.63, 3.8) is 0 Å². The van der Waals surface area contributed by atoms with Crippen molar-refractivity contribution in [2.24, 2.45) is 0 Å². The first-order valence-electron chi connectivity index (χ1n) is 10.1. The predicted molar refractivity (Wildman–Crippen MR) is 117 cm³/mol. The van der Waals surface area contributed by atoms with Gasteiger partial charge in [-0.15, -0.1) is 0 Å². The number of phenolic OH excluding ortho intramolecular Hbond substituents is 1. The largest absolute Gasteiger partial charge is 0.508 e. The van der Waals surface area contributed by atoms with Gasteiger partial charge in [0.15, 0.2) is 5.78 Å². The van der Waals surface area contributed by atoms with Gasteiger partial charge in [-0.25, -0.2) is 0 Å². The van der Waals surface area contributed by atoms with Crippen LogP contribution in [0.1, 0.15) is 39.0 Å². The third-order valence-corrected chi connectivity index (χ3v) is 5.35. The third-order valence-electron chi connectivity index (χ3n) is 5.35. The van der Waals surface area contributed by atoms with Crippen molar-refractivity contribution in [3.05, 3.63) is 94.6 Å². The highest BCUT2D eigenvalue weighted by molar-refractivity contribution is 6.06. The first-order chi connectivity index (χ1) is 14.6. The molecule has 0 heterocycles. The first kappa shape index (κ1) is 19.8. The number of carbonyl (C=O) groups is 1. The Labute approximate surface area is 176 Å². The summed E-state index contributed by atoms with van der Waals surface area (Å²) in [5.41, 5.74) is 5.12. The molecule has 0 spiro atoms. The zero-order chi connectivity index (χ0) is 20.9. The van der Waals surface area contributed by atoms with Crippen molar-refractivity contribution in [1.29, 1.82) is 0 Å². The van der Waals surface area contributed by atoms with E-state index >= 15 is 0 Å². The molecule has 3 aromatic carbocycles. The molecule has 3 aromatic rings. The van der Waals surface area contributed by atoms with Gasteiger partial charge in [0.2, 0.25) is 0 Å². The fourth-order valence-corrected chi connectivity index (χ4v) is 3.71. The number of ether oxygens (including phenoxy) is 2. The van der Waals surface area contributed by atoms with Crippen LogP contribution in [0.15, 0.2) is 66.7 Å². The second kappa shape index (κ2) is 8.87. The molecular formula is C26H24O4. The zero-order valence-corrected chi connectivity index (χ0v) is 16.9. The lowest BCUT2D eigenvalue weighted by atomic mass is 10.1. The molecule has 4 nitrogen and oxygen atoms in total. The summed E-state index contributed by atoms with van der Waals surface area (Å²) in [5.74, 6) is 1.62. The van der Waals surface area contributed by atoms with Crippen LogP contribution in [0.5, 0.6) is 17.2 Å². The summed E-state index contributed by atoms with van der Waals surface area (Å²) in [5, 5.41) is 9.35. The van der Waals surface area contributed by atoms with Crippen molar-refractivity contribution in [1.82, 2.24) is 0 Å². The molecular weight excluding hydrogens is 376 g/mol. The van der Waals surface area contributed by atoms with Crippen LogP contribution in [-0.4, -0.2) is 18.0 Å². The van der Waals surface area contributed by atoms with E-state index in [9.17, 15) is 9.90 Å². The fraction of sp³-hybridized carbons (Fsp3) is 0.192. The van der Waals surface area contributed by atoms with E-state index in [2.05, 4.69) is 12.1 Å². The Bertz CT molecular complexity index is 1080. The van der Waals surface area contributed by atoms with Gasteiger partial charge < -0.3 is 14.6 Å². The normalized spacial score (nSPS) is 12.7. The monoisotopic (exact) mass is 400 g/mol. The second-order valence-corrected chi connectivity index (χ2v) is 7.39. The number of allylic oxidation sites excluding steroid dienone is 1. The predicted octanol–water partition coefficient (Wildman–Crippen LogP) is 5.36. The number of benzene rings is 3. The number of aryl methyl sites for hydroxylation is 2. The summed E-state index contributed by atoms with van der Waals surface area (Å²) >= 11 is 0. The Kier molecular flexibility index (Phi) is 5.84. The number of methoxy groups -OCH3 is 1. The van der Waals surface area contributed by atoms with Crippen molar-refractivity contribution in [3.8, 4) is 17.2 Å². The number of carbonyl (C=O) groups excluding carboxylic acids is 1. The van der Waals surface area contributed by atoms with E-state index in [1.54, 1.807) is 25.3 Å². The Hall–Kier alpha value is -3.53. The average Bonchev–Trinajstić information content (AvgIpc) is 3.24. The molecule has 0 fully saturated rings. The van der Waals surface area contributed by atoms with E-state index in [1.807, 2.05) is 24.3 Å². The zero-order valence-electron chi connectivity index (χ0n) is 16.9. The summed E-state index contributed by atoms with van der Waals surface area (Å²) in [6.45, 7) is 0.384. The molecule has 1 N–H and O–H groups in total. The van der Waals surface area contributed by atoms with Crippen LogP contribution in [0, 0.1) is 0 Å². The van der Waals surface area contributed by atoms with Crippen molar-refractivity contribution in [2.45, 2.75) is 25.9 Å². The van der Waals surface area contributed by atoms with Gasteiger partial charge >= 0.3 is 0 Å². The Morgan fingerprint density at radius 1 is 1.00 bits per heavy atom. The molecule has 4 heteroatoms. The molecule has 0 aliphatic heterocycles. The van der Waals surface area contributed by atoms with Crippen molar-refractivity contribution in [2.75, 3.05) is 7.11 Å². The number of rotatable bonds is 7. The number of hydrogen-bond acceptors (Lipinski definition) is 4. The Morgan fingerprint density at radius 3 is 2.60 bits per heavy atom. The second-order valence-electron chi connectivity index (χ2n) is 7.39. The maximum absolute atomic E-state index is 12.3. The molecule has 0 amide bonds. The van der Waals surface area contributed by atoms with E-state index in [1.165, 1.54) is 35.8 Å². The summed E-state index contributed by atoms with van der Waals surface area (Å²) in [7, 11) is 1.64. The summed E-state index contributed by atoms with van der Waals surface area (Å²) < 4.78 is 11.5. The van der Waals surface area contributed by atoms with Crippen LogP contribution >= 0.6 is 0 Å². The smallest absolute Gasteiger partial charge is 0.185 e. The van der Waals surface area contributed by atoms with Crippen molar-refractivity contribution >= 4 is 11.9 Å². The fourth-order valence-electron chi connectivity index (χ4n) is 3.71. The molecule has 0 atom stereocenters. The number of aromatic hydroxyl groups is 1. The van der Waals surface area contributed by atoms with E-state index in [0.717, 1.165) is 35.5 Å². The number of fused-ring (bicyclic) bond motifs is 1. The summed E-state index contributed by atoms with van der Waals surface area (Å²) in [4.78, 5) is 12.3. The lowest BCUT2D eigenvalue weighted by Gasteiger charge is -2.12. The van der Waals surface area contributed by atoms with Gasteiger partial charge in [-0.05, 0) is 90.6 Å². The maximum Gasteiger partial charge on any atom is 0.185 e. The average molecular weight is 400 g/mol. The van der Waals surface area contributed by atoms with Gasteiger partial charge in [-0.3, -0.25) is 4.79 Å². The first-order valence-corrected chi connectivity index (χ1v) is 10.1. The number of hydrogen-bond donors (Lipinski definition) is 1. The lowest BCUT2D eigenvalue weighted by Crippen LogP contribution is -2.00. The van der Waals surface area contributed by atoms with E-state index in [-0.39, 0.29) is 11.5 Å². The number of ketones is 1. The van der Waals surface area contributed by atoms with Gasteiger partial charge in [0.25, 0.3) is 0 Å². The van der Waals surface area contributed by atoms with Crippen LogP contribution in [0.2, 0.25) is 0 Å². The van der Waals surface area contributed by atoms with Gasteiger partial charge in [0.05, 0.1) is 7.11 Å². The highest BCUT2D eigenvalue weighted by Crippen LogP contribution is 2.28. The molecule has 0 bridgehead atoms. The summed E-state index contributed by atoms with van der Waals surface area (Å²) in [6, 6.07) is 18.3. The quantitative estimate of drug-likeness (QED) is 0.428. The molecule has 0 unspecified atom stereocenters. The standard InChI is InChI=1S/C26H24O4/c1-29-26-14-6-18(5-13-25(28)20-7-10-23(27)11-8-20)15-22(26)17-30-24-12-9-19-3-2-4-21(19)16-24/h5-16,27H,2-4,17H2,1H3/b13-5+. The van der Waals surface area contributed by atoms with Gasteiger partial charge in [-0.1, -0.05) is 18.2 Å². The highest BCUT2D eigenvalue weighted by atomic mass is 16.5. The molecule has 1 aliphatic rings. The van der Waals surface area contributed by atoms with Gasteiger partial charge in [0, 0.05) is 11.1 Å². The topological polar surface area (TPSA) is 55.8 Å². The summed E-state index contributed by atoms with van der Waals surface area (Å²) in [6.07, 6.45) is 6.78. The molecule has 4 rings (SSSR count). The minimum absolute atomic E-state index is 0.123. The molecule has 1 aliphatic carbocycles. The molecule has 0 radical (unpaired) electrons. The lowest BCUT2D eigenvalue weighted by molar-refractivity contribution is 0.104. The molecule has 30 heavy (non-hydrogen) atoms. The van der Waals surface area contributed by atoms with Gasteiger partial charge in [-0.2, -0.15) is 0 Å². The highest BCUT2D eigenvalue weighted by Gasteiger charge is 2.12. The minimum Gasteiger partial charge on any atom is -0.508 e. The molecule has 152 valence electrons. The number of phenols is 1. The molecule has 0 aromatic heterocycles. The molecule has 0 saturated heterocycles. The SMILES string of the molecule is COc1ccc(/C=C/C(=O)c2ccc(O)cc2)cc1COc1ccc2c(c1)CCC2. The Balaban J connectivity index is 1.47. The van der Waals surface area contributed by atoms with Crippen LogP contribution in [-0.2, 0) is 19.4 Å². The maximum atomic E-state index is 12.3. The third kappa shape index (κ3) is 4.54. The van der Waals surface area contributed by atoms with Crippen molar-refractivity contribution < 1.29 is 19.4 Å². The van der Waals surface area contributed by atoms with Crippen LogP contribution in [0.25, 0.3) is 6.08 Å². The van der Waals surface area contributed by atoms with Crippen LogP contribution < -0.4 is 9.47 Å². The van der Waals surface area contributed by atoms with Crippen LogP contribution in [0.4, 0.5) is 0 Å². The molecule has 0 saturated carbocycles. The van der Waals surface area contributed by atoms with Gasteiger partial charge in [0.1, 0.15) is 23.9 Å². The van der Waals surface area contributed by atoms with E-state index in [4.69, 9.17) is 9.47 Å².